The summed E-state index contributed by atoms with van der Waals surface area (Å²) in [6, 6.07) is 10.9. The molecule has 26 heavy (non-hydrogen) atoms. The number of benzene rings is 2. The van der Waals surface area contributed by atoms with E-state index in [-0.39, 0.29) is 5.69 Å². The molecule has 2 aromatic carbocycles. The first-order chi connectivity index (χ1) is 12.5. The van der Waals surface area contributed by atoms with Crippen molar-refractivity contribution >= 4 is 22.5 Å². The van der Waals surface area contributed by atoms with Gasteiger partial charge in [0.05, 0.1) is 0 Å². The second-order valence-electron chi connectivity index (χ2n) is 6.89. The zero-order valence-electron chi connectivity index (χ0n) is 14.4. The number of nitrogens with zero attached hydrogens (tertiary/aromatic N) is 1. The second kappa shape index (κ2) is 6.53. The third kappa shape index (κ3) is 3.32. The molecule has 0 bridgehead atoms. The average molecular weight is 355 g/mol. The van der Waals surface area contributed by atoms with Gasteiger partial charge < -0.3 is 15.2 Å². The van der Waals surface area contributed by atoms with Gasteiger partial charge in [-0.3, -0.25) is 4.79 Å². The molecule has 1 saturated heterocycles. The summed E-state index contributed by atoms with van der Waals surface area (Å²) in [4.78, 5) is 17.8. The Hall–Kier alpha value is -2.73. The number of hydrogen-bond acceptors (Lipinski definition) is 2. The highest BCUT2D eigenvalue weighted by atomic mass is 19.1. The number of hydrogen-bond donors (Lipinski definition) is 2. The Morgan fingerprint density at radius 2 is 1.92 bits per heavy atom. The van der Waals surface area contributed by atoms with Crippen molar-refractivity contribution in [3.8, 4) is 0 Å². The zero-order chi connectivity index (χ0) is 18.3. The van der Waals surface area contributed by atoms with Crippen LogP contribution in [0, 0.1) is 11.6 Å². The van der Waals surface area contributed by atoms with Crippen molar-refractivity contribution in [2.24, 2.45) is 0 Å². The van der Waals surface area contributed by atoms with Crippen LogP contribution in [0.15, 0.2) is 42.5 Å². The molecule has 1 amide bonds. The van der Waals surface area contributed by atoms with E-state index in [9.17, 15) is 13.6 Å². The maximum Gasteiger partial charge on any atom is 0.272 e. The molecule has 6 heteroatoms. The van der Waals surface area contributed by atoms with Gasteiger partial charge in [-0.15, -0.1) is 0 Å². The van der Waals surface area contributed by atoms with Gasteiger partial charge in [0.15, 0.2) is 0 Å². The number of H-pyrrole nitrogens is 1. The van der Waals surface area contributed by atoms with Crippen LogP contribution >= 0.6 is 0 Å². The van der Waals surface area contributed by atoms with Crippen LogP contribution in [0.2, 0.25) is 0 Å². The number of aromatic amines is 1. The lowest BCUT2D eigenvalue weighted by atomic mass is 9.97. The summed E-state index contributed by atoms with van der Waals surface area (Å²) in [6.07, 6.45) is 1.13. The minimum absolute atomic E-state index is 0.0841. The zero-order valence-corrected chi connectivity index (χ0v) is 14.4. The molecule has 1 atom stereocenters. The summed E-state index contributed by atoms with van der Waals surface area (Å²) in [6.45, 7) is 2.13. The van der Waals surface area contributed by atoms with Crippen LogP contribution < -0.4 is 5.32 Å². The van der Waals surface area contributed by atoms with Crippen molar-refractivity contribution in [3.05, 3.63) is 65.4 Å². The predicted molar refractivity (Wildman–Crippen MR) is 97.5 cm³/mol. The van der Waals surface area contributed by atoms with E-state index in [1.807, 2.05) is 6.07 Å². The summed E-state index contributed by atoms with van der Waals surface area (Å²) in [5.41, 5.74) is 2.56. The number of carbonyl (C=O) groups is 1. The SMILES string of the molecule is CN1CCC(c2ccc3[nH]c(C(=O)Nc4cc(F)cc(F)c4)cc3c2)C1. The van der Waals surface area contributed by atoms with E-state index in [1.54, 1.807) is 6.07 Å². The molecule has 0 radical (unpaired) electrons. The van der Waals surface area contributed by atoms with Gasteiger partial charge in [0.25, 0.3) is 5.91 Å². The number of likely N-dealkylation sites (tertiary alicyclic amines) is 1. The topological polar surface area (TPSA) is 48.1 Å². The molecule has 1 aliphatic heterocycles. The summed E-state index contributed by atoms with van der Waals surface area (Å²) in [7, 11) is 2.12. The molecule has 3 aromatic rings. The van der Waals surface area contributed by atoms with Crippen LogP contribution in [0.4, 0.5) is 14.5 Å². The van der Waals surface area contributed by atoms with E-state index >= 15 is 0 Å². The molecule has 1 fully saturated rings. The first kappa shape index (κ1) is 16.7. The number of carbonyl (C=O) groups excluding carboxylic acids is 1. The van der Waals surface area contributed by atoms with Crippen LogP contribution in [0.5, 0.6) is 0 Å². The standard InChI is InChI=1S/C20H19F2N3O/c1-25-5-4-13(11-25)12-2-3-18-14(6-12)7-19(24-18)20(26)23-17-9-15(21)8-16(22)10-17/h2-3,6-10,13,24H,4-5,11H2,1H3,(H,23,26). The Bertz CT molecular complexity index is 962. The number of anilines is 1. The smallest absolute Gasteiger partial charge is 0.272 e. The van der Waals surface area contributed by atoms with E-state index in [1.165, 1.54) is 5.56 Å². The van der Waals surface area contributed by atoms with Gasteiger partial charge in [0.2, 0.25) is 0 Å². The van der Waals surface area contributed by atoms with Gasteiger partial charge in [0.1, 0.15) is 17.3 Å². The maximum absolute atomic E-state index is 13.3. The monoisotopic (exact) mass is 355 g/mol. The number of halogens is 2. The second-order valence-corrected chi connectivity index (χ2v) is 6.89. The third-order valence-corrected chi connectivity index (χ3v) is 4.87. The Morgan fingerprint density at radius 3 is 2.62 bits per heavy atom. The summed E-state index contributed by atoms with van der Waals surface area (Å²) in [5.74, 6) is -1.40. The van der Waals surface area contributed by atoms with Crippen LogP contribution in [0.1, 0.15) is 28.4 Å². The molecule has 134 valence electrons. The van der Waals surface area contributed by atoms with Crippen molar-refractivity contribution in [1.82, 2.24) is 9.88 Å². The highest BCUT2D eigenvalue weighted by Gasteiger charge is 2.21. The van der Waals surface area contributed by atoms with Gasteiger partial charge in [-0.05, 0) is 61.8 Å². The highest BCUT2D eigenvalue weighted by molar-refractivity contribution is 6.06. The largest absolute Gasteiger partial charge is 0.351 e. The Kier molecular flexibility index (Phi) is 4.20. The molecule has 1 unspecified atom stereocenters. The Morgan fingerprint density at radius 1 is 1.15 bits per heavy atom. The van der Waals surface area contributed by atoms with Gasteiger partial charge in [0, 0.05) is 29.2 Å². The van der Waals surface area contributed by atoms with Crippen molar-refractivity contribution in [2.45, 2.75) is 12.3 Å². The van der Waals surface area contributed by atoms with Crippen LogP contribution in [0.3, 0.4) is 0 Å². The van der Waals surface area contributed by atoms with E-state index in [4.69, 9.17) is 0 Å². The van der Waals surface area contributed by atoms with Gasteiger partial charge in [-0.2, -0.15) is 0 Å². The van der Waals surface area contributed by atoms with Crippen molar-refractivity contribution in [3.63, 3.8) is 0 Å². The fraction of sp³-hybridized carbons (Fsp3) is 0.250. The molecule has 0 saturated carbocycles. The number of likely N-dealkylation sites (N-methyl/N-ethyl adjacent to an activating group) is 1. The number of amides is 1. The van der Waals surface area contributed by atoms with Crippen LogP contribution in [-0.4, -0.2) is 35.9 Å². The number of fused-ring (bicyclic) bond motifs is 1. The molecular weight excluding hydrogens is 336 g/mol. The molecule has 1 aromatic heterocycles. The van der Waals surface area contributed by atoms with Crippen LogP contribution in [-0.2, 0) is 0 Å². The summed E-state index contributed by atoms with van der Waals surface area (Å²) < 4.78 is 26.5. The quantitative estimate of drug-likeness (QED) is 0.743. The predicted octanol–water partition coefficient (Wildman–Crippen LogP) is 4.12. The molecule has 4 nitrogen and oxygen atoms in total. The normalized spacial score (nSPS) is 17.7. The van der Waals surface area contributed by atoms with Crippen LogP contribution in [0.25, 0.3) is 10.9 Å². The number of nitrogens with one attached hydrogen (secondary N) is 2. The summed E-state index contributed by atoms with van der Waals surface area (Å²) >= 11 is 0. The van der Waals surface area contributed by atoms with E-state index in [0.717, 1.165) is 48.6 Å². The maximum atomic E-state index is 13.3. The average Bonchev–Trinajstić information content (AvgIpc) is 3.19. The minimum Gasteiger partial charge on any atom is -0.351 e. The lowest BCUT2D eigenvalue weighted by Gasteiger charge is -2.10. The first-order valence-corrected chi connectivity index (χ1v) is 8.56. The lowest BCUT2D eigenvalue weighted by Crippen LogP contribution is -2.13. The lowest BCUT2D eigenvalue weighted by molar-refractivity contribution is 0.102. The highest BCUT2D eigenvalue weighted by Crippen LogP contribution is 2.29. The van der Waals surface area contributed by atoms with Gasteiger partial charge in [-0.1, -0.05) is 6.07 Å². The molecule has 0 spiro atoms. The Balaban J connectivity index is 1.57. The first-order valence-electron chi connectivity index (χ1n) is 8.56. The Labute approximate surface area is 149 Å². The van der Waals surface area contributed by atoms with Crippen molar-refractivity contribution < 1.29 is 13.6 Å². The molecular formula is C20H19F2N3O. The van der Waals surface area contributed by atoms with Gasteiger partial charge >= 0.3 is 0 Å². The van der Waals surface area contributed by atoms with E-state index in [2.05, 4.69) is 34.4 Å². The number of rotatable bonds is 3. The summed E-state index contributed by atoms with van der Waals surface area (Å²) in [5, 5.41) is 3.47. The van der Waals surface area contributed by atoms with Gasteiger partial charge in [-0.25, -0.2) is 8.78 Å². The molecule has 2 N–H and O–H groups in total. The molecule has 1 aliphatic rings. The van der Waals surface area contributed by atoms with E-state index in [0.29, 0.717) is 11.6 Å². The minimum atomic E-state index is -0.733. The molecule has 4 rings (SSSR count). The van der Waals surface area contributed by atoms with Crippen molar-refractivity contribution in [2.75, 3.05) is 25.5 Å². The third-order valence-electron chi connectivity index (χ3n) is 4.87. The fourth-order valence-electron chi connectivity index (χ4n) is 3.56. The fourth-order valence-corrected chi connectivity index (χ4v) is 3.56. The molecule has 2 heterocycles. The molecule has 0 aliphatic carbocycles. The van der Waals surface area contributed by atoms with Crippen molar-refractivity contribution in [1.29, 1.82) is 0 Å². The number of aromatic nitrogens is 1. The van der Waals surface area contributed by atoms with E-state index < -0.39 is 17.5 Å².